The Balaban J connectivity index is 2.77. The van der Waals surface area contributed by atoms with Crippen molar-refractivity contribution in [1.29, 1.82) is 0 Å². The summed E-state index contributed by atoms with van der Waals surface area (Å²) in [6.07, 6.45) is 0.967. The molecule has 1 aromatic rings. The van der Waals surface area contributed by atoms with Gasteiger partial charge in [0, 0.05) is 19.8 Å². The maximum atomic E-state index is 11.8. The number of hydrogen-bond acceptors (Lipinski definition) is 6. The third-order valence-electron chi connectivity index (χ3n) is 2.67. The number of nitrogens with two attached hydrogens (primary N) is 1. The van der Waals surface area contributed by atoms with E-state index < -0.39 is 16.9 Å². The molecule has 0 spiro atoms. The lowest BCUT2D eigenvalue weighted by molar-refractivity contribution is -0.384. The van der Waals surface area contributed by atoms with E-state index in [0.717, 1.165) is 0 Å². The third-order valence-corrected chi connectivity index (χ3v) is 2.67. The zero-order chi connectivity index (χ0) is 15.1. The van der Waals surface area contributed by atoms with Crippen LogP contribution >= 0.6 is 0 Å². The van der Waals surface area contributed by atoms with Crippen molar-refractivity contribution in [2.24, 2.45) is 5.73 Å². The van der Waals surface area contributed by atoms with Gasteiger partial charge in [-0.15, -0.1) is 0 Å². The second-order valence-corrected chi connectivity index (χ2v) is 4.16. The molecular weight excluding hydrogens is 266 g/mol. The Morgan fingerprint density at radius 2 is 2.30 bits per heavy atom. The van der Waals surface area contributed by atoms with E-state index in [-0.39, 0.29) is 17.1 Å². The molecule has 1 amide bonds. The minimum atomic E-state index is -0.829. The molecule has 0 aromatic heterocycles. The van der Waals surface area contributed by atoms with Crippen LogP contribution in [0, 0.1) is 10.1 Å². The summed E-state index contributed by atoms with van der Waals surface area (Å²) in [6, 6.07) is 2.93. The maximum Gasteiger partial charge on any atom is 0.296 e. The quantitative estimate of drug-likeness (QED) is 0.296. The molecule has 0 saturated heterocycles. The summed E-state index contributed by atoms with van der Waals surface area (Å²) < 4.78 is 4.84. The Labute approximate surface area is 115 Å². The van der Waals surface area contributed by atoms with Crippen molar-refractivity contribution in [1.82, 2.24) is 0 Å². The van der Waals surface area contributed by atoms with Crippen LogP contribution in [0.4, 0.5) is 11.4 Å². The lowest BCUT2D eigenvalue weighted by Crippen LogP contribution is -2.35. The molecule has 0 aliphatic heterocycles. The molecule has 0 heterocycles. The number of methoxy groups -OCH3 is 1. The van der Waals surface area contributed by atoms with Crippen LogP contribution in [0.15, 0.2) is 18.2 Å². The minimum Gasteiger partial charge on any atom is -0.505 e. The number of nitro benzene ring substituents is 1. The molecule has 0 saturated carbocycles. The van der Waals surface area contributed by atoms with Crippen molar-refractivity contribution in [3.63, 3.8) is 0 Å². The lowest BCUT2D eigenvalue weighted by atomic mass is 10.1. The number of para-hydroxylation sites is 1. The Hall–Kier alpha value is -2.19. The number of anilines is 1. The van der Waals surface area contributed by atoms with Crippen LogP contribution in [0.1, 0.15) is 12.8 Å². The molecule has 8 nitrogen and oxygen atoms in total. The van der Waals surface area contributed by atoms with Gasteiger partial charge >= 0.3 is 0 Å². The fourth-order valence-electron chi connectivity index (χ4n) is 1.60. The topological polar surface area (TPSA) is 128 Å². The number of nitrogens with zero attached hydrogens (tertiary/aromatic N) is 1. The van der Waals surface area contributed by atoms with Crippen molar-refractivity contribution in [3.05, 3.63) is 28.3 Å². The average molecular weight is 283 g/mol. The summed E-state index contributed by atoms with van der Waals surface area (Å²) in [5, 5.41) is 22.7. The second kappa shape index (κ2) is 7.41. The fourth-order valence-corrected chi connectivity index (χ4v) is 1.60. The van der Waals surface area contributed by atoms with Gasteiger partial charge in [-0.25, -0.2) is 0 Å². The van der Waals surface area contributed by atoms with Crippen LogP contribution in [-0.4, -0.2) is 35.7 Å². The highest BCUT2D eigenvalue weighted by molar-refractivity contribution is 5.98. The molecule has 0 fully saturated rings. The Morgan fingerprint density at radius 3 is 2.90 bits per heavy atom. The van der Waals surface area contributed by atoms with Gasteiger partial charge in [-0.05, 0) is 18.9 Å². The highest BCUT2D eigenvalue weighted by atomic mass is 16.6. The van der Waals surface area contributed by atoms with Crippen molar-refractivity contribution in [2.45, 2.75) is 18.9 Å². The normalized spacial score (nSPS) is 11.9. The molecule has 1 atom stereocenters. The Morgan fingerprint density at radius 1 is 1.60 bits per heavy atom. The molecule has 4 N–H and O–H groups in total. The van der Waals surface area contributed by atoms with Gasteiger partial charge in [-0.3, -0.25) is 14.9 Å². The maximum absolute atomic E-state index is 11.8. The second-order valence-electron chi connectivity index (χ2n) is 4.16. The van der Waals surface area contributed by atoms with E-state index in [0.29, 0.717) is 19.4 Å². The first-order chi connectivity index (χ1) is 9.47. The van der Waals surface area contributed by atoms with Gasteiger partial charge in [-0.2, -0.15) is 0 Å². The Bertz CT molecular complexity index is 492. The van der Waals surface area contributed by atoms with Gasteiger partial charge in [0.2, 0.25) is 5.91 Å². The first-order valence-corrected chi connectivity index (χ1v) is 5.99. The Kier molecular flexibility index (Phi) is 5.88. The number of rotatable bonds is 7. The van der Waals surface area contributed by atoms with Gasteiger partial charge in [0.05, 0.1) is 11.0 Å². The van der Waals surface area contributed by atoms with E-state index >= 15 is 0 Å². The average Bonchev–Trinajstić information content (AvgIpc) is 2.40. The van der Waals surface area contributed by atoms with E-state index in [4.69, 9.17) is 10.5 Å². The van der Waals surface area contributed by atoms with Crippen LogP contribution in [0.3, 0.4) is 0 Å². The number of carbonyl (C=O) groups is 1. The number of hydrogen-bond donors (Lipinski definition) is 3. The van der Waals surface area contributed by atoms with Gasteiger partial charge in [-0.1, -0.05) is 6.07 Å². The predicted octanol–water partition coefficient (Wildman–Crippen LogP) is 0.993. The summed E-state index contributed by atoms with van der Waals surface area (Å²) >= 11 is 0. The van der Waals surface area contributed by atoms with Crippen molar-refractivity contribution in [3.8, 4) is 5.75 Å². The molecule has 1 aromatic carbocycles. The molecule has 0 bridgehead atoms. The number of nitro groups is 1. The number of benzene rings is 1. The van der Waals surface area contributed by atoms with Crippen LogP contribution in [0.5, 0.6) is 5.75 Å². The van der Waals surface area contributed by atoms with E-state index in [1.165, 1.54) is 25.3 Å². The number of phenolic OH excluding ortho intramolecular Hbond substituents is 1. The predicted molar refractivity (Wildman–Crippen MR) is 72.5 cm³/mol. The fraction of sp³-hybridized carbons (Fsp3) is 0.417. The highest BCUT2D eigenvalue weighted by Crippen LogP contribution is 2.33. The van der Waals surface area contributed by atoms with E-state index in [9.17, 15) is 20.0 Å². The molecule has 0 radical (unpaired) electrons. The summed E-state index contributed by atoms with van der Waals surface area (Å²) in [7, 11) is 1.54. The van der Waals surface area contributed by atoms with Gasteiger partial charge in [0.1, 0.15) is 5.75 Å². The standard InChI is InChI=1S/C12H17N3O5/c1-20-7-3-4-8(13)12(17)14-11-9(15(18)19)5-2-6-10(11)16/h2,5-6,8,16H,3-4,7,13H2,1H3,(H,14,17). The zero-order valence-corrected chi connectivity index (χ0v) is 11.0. The van der Waals surface area contributed by atoms with E-state index in [1.54, 1.807) is 0 Å². The SMILES string of the molecule is COCCCC(N)C(=O)Nc1c(O)cccc1[N+](=O)[O-]. The highest BCUT2D eigenvalue weighted by Gasteiger charge is 2.22. The summed E-state index contributed by atoms with van der Waals surface area (Å²) in [6.45, 7) is 0.470. The molecule has 1 unspecified atom stereocenters. The first kappa shape index (κ1) is 15.9. The number of aromatic hydroxyl groups is 1. The van der Waals surface area contributed by atoms with Crippen molar-refractivity contribution < 1.29 is 19.6 Å². The van der Waals surface area contributed by atoms with Crippen LogP contribution in [0.25, 0.3) is 0 Å². The summed E-state index contributed by atoms with van der Waals surface area (Å²) in [4.78, 5) is 22.0. The number of phenols is 1. The number of ether oxygens (including phenoxy) is 1. The van der Waals surface area contributed by atoms with Crippen LogP contribution in [-0.2, 0) is 9.53 Å². The van der Waals surface area contributed by atoms with Crippen molar-refractivity contribution in [2.75, 3.05) is 19.0 Å². The minimum absolute atomic E-state index is 0.246. The van der Waals surface area contributed by atoms with Gasteiger partial charge < -0.3 is 20.9 Å². The monoisotopic (exact) mass is 283 g/mol. The number of amides is 1. The van der Waals surface area contributed by atoms with E-state index in [1.807, 2.05) is 0 Å². The molecular formula is C12H17N3O5. The molecule has 0 aliphatic carbocycles. The van der Waals surface area contributed by atoms with E-state index in [2.05, 4.69) is 5.32 Å². The zero-order valence-electron chi connectivity index (χ0n) is 11.0. The molecule has 0 aliphatic rings. The smallest absolute Gasteiger partial charge is 0.296 e. The third kappa shape index (κ3) is 4.18. The van der Waals surface area contributed by atoms with Crippen molar-refractivity contribution >= 4 is 17.3 Å². The number of nitrogens with one attached hydrogen (secondary N) is 1. The summed E-state index contributed by atoms with van der Waals surface area (Å²) in [5.41, 5.74) is 5.03. The molecule has 20 heavy (non-hydrogen) atoms. The first-order valence-electron chi connectivity index (χ1n) is 5.99. The molecule has 8 heteroatoms. The summed E-state index contributed by atoms with van der Waals surface area (Å²) in [5.74, 6) is -0.970. The molecule has 110 valence electrons. The molecule has 1 rings (SSSR count). The largest absolute Gasteiger partial charge is 0.505 e. The van der Waals surface area contributed by atoms with Crippen LogP contribution in [0.2, 0.25) is 0 Å². The number of carbonyl (C=O) groups excluding carboxylic acids is 1. The van der Waals surface area contributed by atoms with Gasteiger partial charge in [0.15, 0.2) is 5.69 Å². The lowest BCUT2D eigenvalue weighted by Gasteiger charge is -2.12. The van der Waals surface area contributed by atoms with Gasteiger partial charge in [0.25, 0.3) is 5.69 Å². The van der Waals surface area contributed by atoms with Crippen LogP contribution < -0.4 is 11.1 Å².